The van der Waals surface area contributed by atoms with E-state index in [1.165, 1.54) is 5.71 Å². The van der Waals surface area contributed by atoms with Crippen LogP contribution < -0.4 is 0 Å². The first-order valence-electron chi connectivity index (χ1n) is 7.71. The zero-order valence-corrected chi connectivity index (χ0v) is 13.3. The Labute approximate surface area is 134 Å². The van der Waals surface area contributed by atoms with E-state index in [-0.39, 0.29) is 22.2 Å². The number of allylic oxidation sites excluding steroid dienone is 3. The van der Waals surface area contributed by atoms with Gasteiger partial charge in [-0.25, -0.2) is 0 Å². The summed E-state index contributed by atoms with van der Waals surface area (Å²) in [5.74, 6) is 0.654. The molecule has 4 rings (SSSR count). The number of nitrogens with zero attached hydrogens (tertiary/aromatic N) is 1. The molecule has 2 heterocycles. The van der Waals surface area contributed by atoms with E-state index in [9.17, 15) is 10.2 Å². The standard InChI is InChI=1S/C18H19NO2S/c1-11-8-14-13(12-5-6-15(20)16(21)9-12)10-19-17-4-2-3-7-18(14,17)22-11/h2-7,9,11,13-14,20-21H,8,10H2,1H3. The molecule has 0 aromatic heterocycles. The Morgan fingerprint density at radius 2 is 2.09 bits per heavy atom. The highest BCUT2D eigenvalue weighted by atomic mass is 32.2. The number of phenols is 2. The molecule has 2 aliphatic heterocycles. The Morgan fingerprint density at radius 1 is 1.23 bits per heavy atom. The van der Waals surface area contributed by atoms with Crippen LogP contribution >= 0.6 is 11.8 Å². The summed E-state index contributed by atoms with van der Waals surface area (Å²) in [7, 11) is 0. The van der Waals surface area contributed by atoms with E-state index in [4.69, 9.17) is 4.99 Å². The molecule has 114 valence electrons. The van der Waals surface area contributed by atoms with Crippen LogP contribution in [0.4, 0.5) is 0 Å². The van der Waals surface area contributed by atoms with Crippen LogP contribution in [0.3, 0.4) is 0 Å². The molecule has 1 fully saturated rings. The lowest BCUT2D eigenvalue weighted by molar-refractivity contribution is 0.381. The van der Waals surface area contributed by atoms with Crippen LogP contribution in [0, 0.1) is 5.92 Å². The minimum atomic E-state index is -0.0619. The summed E-state index contributed by atoms with van der Waals surface area (Å²) in [6.07, 6.45) is 9.79. The number of phenolic OH excluding ortho intramolecular Hbond substituents is 2. The molecule has 0 amide bonds. The molecule has 3 nitrogen and oxygen atoms in total. The summed E-state index contributed by atoms with van der Waals surface area (Å²) in [5, 5.41) is 20.0. The fraction of sp³-hybridized carbons (Fsp3) is 0.389. The zero-order valence-electron chi connectivity index (χ0n) is 12.4. The summed E-state index contributed by atoms with van der Waals surface area (Å²) in [6.45, 7) is 3.03. The van der Waals surface area contributed by atoms with Crippen LogP contribution in [0.25, 0.3) is 0 Å². The molecule has 4 heteroatoms. The van der Waals surface area contributed by atoms with Crippen LogP contribution in [0.1, 0.15) is 24.8 Å². The van der Waals surface area contributed by atoms with Crippen molar-refractivity contribution in [3.8, 4) is 11.5 Å². The van der Waals surface area contributed by atoms with Crippen molar-refractivity contribution in [2.45, 2.75) is 29.3 Å². The van der Waals surface area contributed by atoms with Gasteiger partial charge >= 0.3 is 0 Å². The second kappa shape index (κ2) is 4.92. The highest BCUT2D eigenvalue weighted by Crippen LogP contribution is 2.57. The van der Waals surface area contributed by atoms with Crippen molar-refractivity contribution < 1.29 is 10.2 Å². The largest absolute Gasteiger partial charge is 0.504 e. The minimum absolute atomic E-state index is 0.0232. The van der Waals surface area contributed by atoms with Gasteiger partial charge in [0.15, 0.2) is 11.5 Å². The molecule has 4 unspecified atom stereocenters. The summed E-state index contributed by atoms with van der Waals surface area (Å²) in [4.78, 5) is 4.84. The maximum Gasteiger partial charge on any atom is 0.157 e. The van der Waals surface area contributed by atoms with Crippen molar-refractivity contribution >= 4 is 17.5 Å². The molecular formula is C18H19NO2S. The minimum Gasteiger partial charge on any atom is -0.504 e. The number of rotatable bonds is 1. The normalized spacial score (nSPS) is 35.9. The van der Waals surface area contributed by atoms with Gasteiger partial charge in [0.25, 0.3) is 0 Å². The molecule has 0 radical (unpaired) electrons. The van der Waals surface area contributed by atoms with Crippen LogP contribution in [0.15, 0.2) is 47.5 Å². The predicted octanol–water partition coefficient (Wildman–Crippen LogP) is 3.64. The van der Waals surface area contributed by atoms with E-state index in [2.05, 4.69) is 31.2 Å². The van der Waals surface area contributed by atoms with E-state index >= 15 is 0 Å². The van der Waals surface area contributed by atoms with Gasteiger partial charge in [-0.2, -0.15) is 0 Å². The maximum atomic E-state index is 9.84. The van der Waals surface area contributed by atoms with Crippen molar-refractivity contribution in [2.75, 3.05) is 6.54 Å². The maximum absolute atomic E-state index is 9.84. The van der Waals surface area contributed by atoms with Gasteiger partial charge in [0.05, 0.1) is 10.5 Å². The molecule has 0 bridgehead atoms. The van der Waals surface area contributed by atoms with Crippen molar-refractivity contribution in [1.29, 1.82) is 0 Å². The first kappa shape index (κ1) is 13.9. The third-order valence-electron chi connectivity index (χ3n) is 5.01. The summed E-state index contributed by atoms with van der Waals surface area (Å²) < 4.78 is -0.0232. The van der Waals surface area contributed by atoms with E-state index in [1.807, 2.05) is 17.8 Å². The van der Waals surface area contributed by atoms with E-state index < -0.39 is 0 Å². The van der Waals surface area contributed by atoms with Gasteiger partial charge in [0, 0.05) is 17.7 Å². The fourth-order valence-electron chi connectivity index (χ4n) is 4.05. The molecule has 1 spiro atoms. The molecule has 2 N–H and O–H groups in total. The van der Waals surface area contributed by atoms with E-state index in [0.717, 1.165) is 18.5 Å². The number of hydrogen-bond acceptors (Lipinski definition) is 4. The van der Waals surface area contributed by atoms with Crippen LogP contribution in [-0.2, 0) is 0 Å². The Hall–Kier alpha value is -1.68. The molecule has 4 atom stereocenters. The Morgan fingerprint density at radius 3 is 2.91 bits per heavy atom. The molecule has 1 aromatic rings. The first-order chi connectivity index (χ1) is 10.6. The Bertz CT molecular complexity index is 709. The van der Waals surface area contributed by atoms with Gasteiger partial charge in [0.1, 0.15) is 0 Å². The topological polar surface area (TPSA) is 52.8 Å². The number of benzene rings is 1. The second-order valence-corrected chi connectivity index (χ2v) is 8.08. The molecule has 1 aliphatic carbocycles. The lowest BCUT2D eigenvalue weighted by atomic mass is 9.70. The van der Waals surface area contributed by atoms with Gasteiger partial charge < -0.3 is 10.2 Å². The molecule has 1 aromatic carbocycles. The number of aromatic hydroxyl groups is 2. The van der Waals surface area contributed by atoms with Gasteiger partial charge in [-0.3, -0.25) is 4.99 Å². The van der Waals surface area contributed by atoms with Gasteiger partial charge in [0.2, 0.25) is 0 Å². The summed E-state index contributed by atoms with van der Waals surface area (Å²) >= 11 is 2.01. The first-order valence-corrected chi connectivity index (χ1v) is 8.58. The van der Waals surface area contributed by atoms with Gasteiger partial charge in [-0.1, -0.05) is 31.2 Å². The monoisotopic (exact) mass is 313 g/mol. The van der Waals surface area contributed by atoms with Gasteiger partial charge in [-0.05, 0) is 36.1 Å². The number of thioether (sulfide) groups is 1. The van der Waals surface area contributed by atoms with Gasteiger partial charge in [-0.15, -0.1) is 11.8 Å². The van der Waals surface area contributed by atoms with Crippen LogP contribution in [-0.4, -0.2) is 32.5 Å². The quantitative estimate of drug-likeness (QED) is 0.778. The Balaban J connectivity index is 1.79. The molecule has 0 saturated carbocycles. The average Bonchev–Trinajstić information content (AvgIpc) is 2.84. The lowest BCUT2D eigenvalue weighted by Gasteiger charge is -2.41. The molecule has 22 heavy (non-hydrogen) atoms. The SMILES string of the molecule is CC1CC2C(c3ccc(O)c(O)c3)CN=C3C=CC=CC32S1. The molecule has 1 saturated heterocycles. The van der Waals surface area contributed by atoms with Crippen molar-refractivity contribution in [3.05, 3.63) is 48.1 Å². The fourth-order valence-corrected chi connectivity index (χ4v) is 5.86. The third kappa shape index (κ3) is 1.93. The van der Waals surface area contributed by atoms with E-state index in [1.54, 1.807) is 12.1 Å². The van der Waals surface area contributed by atoms with Crippen LogP contribution in [0.5, 0.6) is 11.5 Å². The van der Waals surface area contributed by atoms with E-state index in [0.29, 0.717) is 11.2 Å². The zero-order chi connectivity index (χ0) is 15.3. The highest BCUT2D eigenvalue weighted by Gasteiger charge is 2.53. The predicted molar refractivity (Wildman–Crippen MR) is 91.0 cm³/mol. The summed E-state index contributed by atoms with van der Waals surface area (Å²) in [5.41, 5.74) is 2.26. The number of hydrogen-bond donors (Lipinski definition) is 2. The number of aliphatic imine (C=N–C) groups is 1. The third-order valence-corrected chi connectivity index (χ3v) is 6.65. The van der Waals surface area contributed by atoms with Crippen molar-refractivity contribution in [2.24, 2.45) is 10.9 Å². The lowest BCUT2D eigenvalue weighted by Crippen LogP contribution is -2.44. The second-order valence-electron chi connectivity index (χ2n) is 6.36. The van der Waals surface area contributed by atoms with Crippen molar-refractivity contribution in [3.63, 3.8) is 0 Å². The van der Waals surface area contributed by atoms with Crippen molar-refractivity contribution in [1.82, 2.24) is 0 Å². The smallest absolute Gasteiger partial charge is 0.157 e. The summed E-state index contributed by atoms with van der Waals surface area (Å²) in [6, 6.07) is 5.20. The molecule has 3 aliphatic rings. The average molecular weight is 313 g/mol. The molecular weight excluding hydrogens is 294 g/mol. The van der Waals surface area contributed by atoms with Crippen LogP contribution in [0.2, 0.25) is 0 Å². The highest BCUT2D eigenvalue weighted by molar-refractivity contribution is 8.02. The Kier molecular flexibility index (Phi) is 3.12.